The Morgan fingerprint density at radius 3 is 2.71 bits per heavy atom. The van der Waals surface area contributed by atoms with E-state index in [1.807, 2.05) is 6.07 Å². The first-order chi connectivity index (χ1) is 8.20. The van der Waals surface area contributed by atoms with E-state index in [0.29, 0.717) is 16.5 Å². The summed E-state index contributed by atoms with van der Waals surface area (Å²) in [5.74, 6) is 0.763. The number of rotatable bonds is 2. The topological polar surface area (TPSA) is 71.9 Å². The van der Waals surface area contributed by atoms with Crippen molar-refractivity contribution in [2.75, 3.05) is 5.73 Å². The molecular formula is C12H8ClN3O. The molecule has 0 fully saturated rings. The van der Waals surface area contributed by atoms with E-state index in [-0.39, 0.29) is 11.6 Å². The molecule has 0 bridgehead atoms. The first-order valence-corrected chi connectivity index (χ1v) is 5.17. The molecule has 2 N–H and O–H groups in total. The predicted molar refractivity (Wildman–Crippen MR) is 64.9 cm³/mol. The minimum absolute atomic E-state index is 0.134. The van der Waals surface area contributed by atoms with Crippen LogP contribution in [0.1, 0.15) is 5.69 Å². The molecule has 0 aliphatic rings. The maximum absolute atomic E-state index is 8.79. The summed E-state index contributed by atoms with van der Waals surface area (Å²) in [5, 5.41) is 9.27. The maximum Gasteiger partial charge on any atom is 0.220 e. The number of ether oxygens (including phenoxy) is 1. The van der Waals surface area contributed by atoms with Crippen LogP contribution in [0.2, 0.25) is 5.02 Å². The molecule has 2 aromatic rings. The van der Waals surface area contributed by atoms with Crippen molar-refractivity contribution < 1.29 is 4.74 Å². The highest BCUT2D eigenvalue weighted by molar-refractivity contribution is 6.32. The van der Waals surface area contributed by atoms with Crippen molar-refractivity contribution in [1.82, 2.24) is 4.98 Å². The molecular weight excluding hydrogens is 238 g/mol. The summed E-state index contributed by atoms with van der Waals surface area (Å²) in [4.78, 5) is 3.96. The zero-order valence-corrected chi connectivity index (χ0v) is 9.48. The van der Waals surface area contributed by atoms with Crippen LogP contribution >= 0.6 is 11.6 Å². The molecule has 1 heterocycles. The summed E-state index contributed by atoms with van der Waals surface area (Å²) in [7, 11) is 0. The molecule has 0 atom stereocenters. The van der Waals surface area contributed by atoms with E-state index in [2.05, 4.69) is 4.98 Å². The van der Waals surface area contributed by atoms with Gasteiger partial charge in [0.05, 0.1) is 10.7 Å². The molecule has 0 saturated carbocycles. The van der Waals surface area contributed by atoms with Crippen LogP contribution in [-0.2, 0) is 0 Å². The highest BCUT2D eigenvalue weighted by Gasteiger charge is 2.06. The van der Waals surface area contributed by atoms with Gasteiger partial charge in [-0.2, -0.15) is 5.26 Å². The monoisotopic (exact) mass is 245 g/mol. The van der Waals surface area contributed by atoms with Crippen molar-refractivity contribution in [1.29, 1.82) is 5.26 Å². The number of aromatic nitrogens is 1. The van der Waals surface area contributed by atoms with E-state index in [1.165, 1.54) is 0 Å². The van der Waals surface area contributed by atoms with Gasteiger partial charge < -0.3 is 10.5 Å². The first-order valence-electron chi connectivity index (χ1n) is 4.79. The minimum atomic E-state index is 0.134. The van der Waals surface area contributed by atoms with Crippen LogP contribution in [0.25, 0.3) is 0 Å². The number of hydrogen-bond donors (Lipinski definition) is 1. The van der Waals surface area contributed by atoms with E-state index in [0.717, 1.165) is 0 Å². The van der Waals surface area contributed by atoms with Gasteiger partial charge in [0, 0.05) is 6.07 Å². The summed E-state index contributed by atoms with van der Waals surface area (Å²) in [6.07, 6.45) is 0. The molecule has 0 spiro atoms. The van der Waals surface area contributed by atoms with Gasteiger partial charge in [-0.3, -0.25) is 0 Å². The summed E-state index contributed by atoms with van der Waals surface area (Å²) in [5.41, 5.74) is 6.01. The summed E-state index contributed by atoms with van der Waals surface area (Å²) in [6, 6.07) is 12.1. The third-order valence-corrected chi connectivity index (χ3v) is 2.37. The molecule has 0 radical (unpaired) electrons. The van der Waals surface area contributed by atoms with Gasteiger partial charge >= 0.3 is 0 Å². The van der Waals surface area contributed by atoms with Crippen molar-refractivity contribution in [2.45, 2.75) is 0 Å². The van der Waals surface area contributed by atoms with Gasteiger partial charge in [-0.15, -0.1) is 0 Å². The molecule has 5 heteroatoms. The second-order valence-corrected chi connectivity index (χ2v) is 3.64. The first kappa shape index (κ1) is 11.2. The van der Waals surface area contributed by atoms with Crippen molar-refractivity contribution >= 4 is 17.3 Å². The van der Waals surface area contributed by atoms with Gasteiger partial charge in [0.1, 0.15) is 11.8 Å². The lowest BCUT2D eigenvalue weighted by molar-refractivity contribution is 0.463. The molecule has 17 heavy (non-hydrogen) atoms. The van der Waals surface area contributed by atoms with Gasteiger partial charge in [-0.05, 0) is 18.2 Å². The number of para-hydroxylation sites is 1. The molecule has 0 aliphatic heterocycles. The Balaban J connectivity index is 2.32. The Labute approximate surface area is 103 Å². The Morgan fingerprint density at radius 1 is 1.24 bits per heavy atom. The van der Waals surface area contributed by atoms with Crippen molar-refractivity contribution in [3.8, 4) is 17.7 Å². The number of nitrogens with zero attached hydrogens (tertiary/aromatic N) is 2. The lowest BCUT2D eigenvalue weighted by Crippen LogP contribution is -1.96. The van der Waals surface area contributed by atoms with Gasteiger partial charge in [-0.25, -0.2) is 4.98 Å². The van der Waals surface area contributed by atoms with Crippen molar-refractivity contribution in [3.05, 3.63) is 47.1 Å². The predicted octanol–water partition coefficient (Wildman–Crippen LogP) is 2.98. The largest absolute Gasteiger partial charge is 0.437 e. The second kappa shape index (κ2) is 4.73. The van der Waals surface area contributed by atoms with Gasteiger partial charge in [-0.1, -0.05) is 23.7 Å². The number of nitrogen functional groups attached to an aromatic ring is 1. The van der Waals surface area contributed by atoms with Crippen LogP contribution in [0.4, 0.5) is 5.69 Å². The van der Waals surface area contributed by atoms with E-state index in [9.17, 15) is 0 Å². The van der Waals surface area contributed by atoms with Crippen LogP contribution < -0.4 is 10.5 Å². The molecule has 2 rings (SSSR count). The number of nitrogens with two attached hydrogens (primary N) is 1. The molecule has 4 nitrogen and oxygen atoms in total. The number of nitriles is 1. The zero-order chi connectivity index (χ0) is 12.3. The van der Waals surface area contributed by atoms with Crippen LogP contribution in [-0.4, -0.2) is 4.98 Å². The Kier molecular flexibility index (Phi) is 3.12. The van der Waals surface area contributed by atoms with Gasteiger partial charge in [0.25, 0.3) is 0 Å². The van der Waals surface area contributed by atoms with Crippen molar-refractivity contribution in [3.63, 3.8) is 0 Å². The smallest absolute Gasteiger partial charge is 0.220 e. The fourth-order valence-electron chi connectivity index (χ4n) is 1.24. The fraction of sp³-hybridized carbons (Fsp3) is 0. The van der Waals surface area contributed by atoms with Crippen LogP contribution in [0.3, 0.4) is 0 Å². The van der Waals surface area contributed by atoms with Crippen LogP contribution in [0, 0.1) is 11.3 Å². The van der Waals surface area contributed by atoms with E-state index in [1.54, 1.807) is 36.4 Å². The number of benzene rings is 1. The number of pyridine rings is 1. The highest BCUT2D eigenvalue weighted by atomic mass is 35.5. The third kappa shape index (κ3) is 2.47. The van der Waals surface area contributed by atoms with E-state index >= 15 is 0 Å². The Morgan fingerprint density at radius 2 is 2.00 bits per heavy atom. The lowest BCUT2D eigenvalue weighted by Gasteiger charge is -2.06. The van der Waals surface area contributed by atoms with E-state index < -0.39 is 0 Å². The summed E-state index contributed by atoms with van der Waals surface area (Å²) < 4.78 is 5.46. The molecule has 84 valence electrons. The number of hydrogen-bond acceptors (Lipinski definition) is 4. The van der Waals surface area contributed by atoms with Crippen LogP contribution in [0.15, 0.2) is 36.4 Å². The number of anilines is 1. The Hall–Kier alpha value is -2.25. The van der Waals surface area contributed by atoms with E-state index in [4.69, 9.17) is 27.3 Å². The fourth-order valence-corrected chi connectivity index (χ4v) is 1.41. The molecule has 0 saturated heterocycles. The highest BCUT2D eigenvalue weighted by Crippen LogP contribution is 2.28. The number of halogens is 1. The SMILES string of the molecule is N#Cc1nc(Oc2ccccc2Cl)ccc1N. The molecule has 0 unspecified atom stereocenters. The lowest BCUT2D eigenvalue weighted by atomic mass is 10.3. The zero-order valence-electron chi connectivity index (χ0n) is 8.72. The molecule has 0 amide bonds. The molecule has 1 aromatic carbocycles. The van der Waals surface area contributed by atoms with Crippen LogP contribution in [0.5, 0.6) is 11.6 Å². The third-order valence-electron chi connectivity index (χ3n) is 2.06. The average Bonchev–Trinajstić information content (AvgIpc) is 2.34. The summed E-state index contributed by atoms with van der Waals surface area (Å²) in [6.45, 7) is 0. The van der Waals surface area contributed by atoms with Gasteiger partial charge in [0.15, 0.2) is 5.69 Å². The second-order valence-electron chi connectivity index (χ2n) is 3.23. The normalized spacial score (nSPS) is 9.65. The average molecular weight is 246 g/mol. The Bertz CT molecular complexity index is 593. The maximum atomic E-state index is 8.79. The standard InChI is InChI=1S/C12H8ClN3O/c13-8-3-1-2-4-11(8)17-12-6-5-9(15)10(7-14)16-12/h1-6H,15H2. The summed E-state index contributed by atoms with van der Waals surface area (Å²) >= 11 is 5.94. The van der Waals surface area contributed by atoms with Gasteiger partial charge in [0.2, 0.25) is 5.88 Å². The quantitative estimate of drug-likeness (QED) is 0.883. The minimum Gasteiger partial charge on any atom is -0.437 e. The van der Waals surface area contributed by atoms with Crippen molar-refractivity contribution in [2.24, 2.45) is 0 Å². The molecule has 1 aromatic heterocycles. The molecule has 0 aliphatic carbocycles.